The van der Waals surface area contributed by atoms with Gasteiger partial charge in [0.1, 0.15) is 0 Å². The third-order valence-corrected chi connectivity index (χ3v) is 3.07. The molecule has 6 nitrogen and oxygen atoms in total. The van der Waals surface area contributed by atoms with Gasteiger partial charge in [-0.05, 0) is 32.0 Å². The Balaban J connectivity index is 2.92. The lowest BCUT2D eigenvalue weighted by Gasteiger charge is -2.10. The van der Waals surface area contributed by atoms with Crippen molar-refractivity contribution < 1.29 is 19.5 Å². The number of aliphatic carboxylic acids is 1. The smallest absolute Gasteiger partial charge is 0.331 e. The van der Waals surface area contributed by atoms with Crippen molar-refractivity contribution >= 4 is 40.8 Å². The molecule has 2 amide bonds. The third-order valence-electron chi connectivity index (χ3n) is 2.76. The van der Waals surface area contributed by atoms with E-state index in [-0.39, 0.29) is 22.1 Å². The fourth-order valence-corrected chi connectivity index (χ4v) is 1.67. The van der Waals surface area contributed by atoms with Crippen molar-refractivity contribution in [2.24, 2.45) is 0 Å². The number of rotatable bonds is 4. The van der Waals surface area contributed by atoms with Crippen LogP contribution in [0.15, 0.2) is 29.3 Å². The van der Waals surface area contributed by atoms with Crippen molar-refractivity contribution in [2.45, 2.75) is 20.8 Å². The molecule has 21 heavy (non-hydrogen) atoms. The van der Waals surface area contributed by atoms with Gasteiger partial charge in [-0.25, -0.2) is 4.79 Å². The van der Waals surface area contributed by atoms with Gasteiger partial charge >= 0.3 is 5.97 Å². The van der Waals surface area contributed by atoms with E-state index in [1.807, 2.05) is 0 Å². The molecule has 0 radical (unpaired) electrons. The summed E-state index contributed by atoms with van der Waals surface area (Å²) in [5.41, 5.74) is 0.894. The Bertz CT molecular complexity index is 638. The Labute approximate surface area is 126 Å². The highest BCUT2D eigenvalue weighted by Gasteiger charge is 2.13. The van der Waals surface area contributed by atoms with Crippen molar-refractivity contribution in [1.82, 2.24) is 0 Å². The molecule has 0 aliphatic rings. The lowest BCUT2D eigenvalue weighted by Crippen LogP contribution is -2.16. The molecule has 0 aliphatic carbocycles. The molecule has 3 N–H and O–H groups in total. The van der Waals surface area contributed by atoms with Gasteiger partial charge in [0.15, 0.2) is 0 Å². The number of hydrogen-bond donors (Lipinski definition) is 3. The van der Waals surface area contributed by atoms with Crippen LogP contribution in [0.4, 0.5) is 11.4 Å². The topological polar surface area (TPSA) is 95.5 Å². The molecule has 0 saturated heterocycles. The summed E-state index contributed by atoms with van der Waals surface area (Å²) in [5, 5.41) is 14.2. The van der Waals surface area contributed by atoms with E-state index in [1.165, 1.54) is 26.8 Å². The first-order chi connectivity index (χ1) is 9.72. The monoisotopic (exact) mass is 310 g/mol. The standard InChI is InChI=1S/C14H15ClN2O4/c1-7(8(2)14(20)21)13(19)17-10-4-5-12(11(15)6-10)16-9(3)18/h4-6H,1-3H3,(H,16,18)(H,17,19)(H,20,21). The number of hydrogen-bond acceptors (Lipinski definition) is 3. The number of nitrogens with one attached hydrogen (secondary N) is 2. The number of amides is 2. The molecule has 0 heterocycles. The maximum Gasteiger partial charge on any atom is 0.331 e. The lowest BCUT2D eigenvalue weighted by atomic mass is 10.1. The molecular formula is C14H15ClN2O4. The van der Waals surface area contributed by atoms with Gasteiger partial charge in [0.25, 0.3) is 5.91 Å². The Morgan fingerprint density at radius 3 is 2.14 bits per heavy atom. The average Bonchev–Trinajstić information content (AvgIpc) is 2.39. The van der Waals surface area contributed by atoms with Gasteiger partial charge in [-0.2, -0.15) is 0 Å². The molecule has 0 aromatic heterocycles. The SMILES string of the molecule is CC(=O)Nc1ccc(NC(=O)C(C)=C(C)C(=O)O)cc1Cl. The van der Waals surface area contributed by atoms with Crippen LogP contribution in [0, 0.1) is 0 Å². The molecule has 0 saturated carbocycles. The Hall–Kier alpha value is -2.34. The van der Waals surface area contributed by atoms with Crippen LogP contribution in [-0.4, -0.2) is 22.9 Å². The normalized spacial score (nSPS) is 11.4. The molecule has 0 fully saturated rings. The lowest BCUT2D eigenvalue weighted by molar-refractivity contribution is -0.133. The molecule has 1 aromatic carbocycles. The molecule has 0 unspecified atom stereocenters. The predicted octanol–water partition coefficient (Wildman–Crippen LogP) is 2.66. The first-order valence-electron chi connectivity index (χ1n) is 6.01. The van der Waals surface area contributed by atoms with Crippen LogP contribution in [0.1, 0.15) is 20.8 Å². The Morgan fingerprint density at radius 1 is 1.05 bits per heavy atom. The molecular weight excluding hydrogens is 296 g/mol. The van der Waals surface area contributed by atoms with Gasteiger partial charge in [0, 0.05) is 23.8 Å². The number of carboxylic acids is 1. The number of benzene rings is 1. The van der Waals surface area contributed by atoms with Crippen LogP contribution in [0.3, 0.4) is 0 Å². The number of carbonyl (C=O) groups excluding carboxylic acids is 2. The van der Waals surface area contributed by atoms with Crippen molar-refractivity contribution in [1.29, 1.82) is 0 Å². The summed E-state index contributed by atoms with van der Waals surface area (Å²) in [6.45, 7) is 4.13. The van der Waals surface area contributed by atoms with E-state index in [4.69, 9.17) is 16.7 Å². The number of anilines is 2. The summed E-state index contributed by atoms with van der Waals surface area (Å²) < 4.78 is 0. The first-order valence-corrected chi connectivity index (χ1v) is 6.39. The van der Waals surface area contributed by atoms with E-state index in [9.17, 15) is 14.4 Å². The van der Waals surface area contributed by atoms with Gasteiger partial charge in [-0.3, -0.25) is 9.59 Å². The van der Waals surface area contributed by atoms with E-state index in [1.54, 1.807) is 12.1 Å². The van der Waals surface area contributed by atoms with Crippen LogP contribution in [-0.2, 0) is 14.4 Å². The molecule has 1 aromatic rings. The average molecular weight is 311 g/mol. The summed E-state index contributed by atoms with van der Waals surface area (Å²) in [4.78, 5) is 33.6. The van der Waals surface area contributed by atoms with Crippen LogP contribution >= 0.6 is 11.6 Å². The molecule has 0 atom stereocenters. The Kier molecular flexibility index (Phi) is 5.49. The van der Waals surface area contributed by atoms with E-state index < -0.39 is 11.9 Å². The largest absolute Gasteiger partial charge is 0.478 e. The zero-order chi connectivity index (χ0) is 16.2. The predicted molar refractivity (Wildman–Crippen MR) is 80.4 cm³/mol. The van der Waals surface area contributed by atoms with Crippen LogP contribution in [0.25, 0.3) is 0 Å². The number of halogens is 1. The first kappa shape index (κ1) is 16.7. The molecule has 1 rings (SSSR count). The van der Waals surface area contributed by atoms with E-state index in [0.717, 1.165) is 0 Å². The summed E-state index contributed by atoms with van der Waals surface area (Å²) in [7, 11) is 0. The molecule has 7 heteroatoms. The zero-order valence-corrected chi connectivity index (χ0v) is 12.5. The second kappa shape index (κ2) is 6.90. The third kappa shape index (κ3) is 4.61. The minimum Gasteiger partial charge on any atom is -0.478 e. The summed E-state index contributed by atoms with van der Waals surface area (Å²) >= 11 is 5.98. The molecule has 0 spiro atoms. The van der Waals surface area contributed by atoms with Crippen molar-refractivity contribution in [3.05, 3.63) is 34.4 Å². The zero-order valence-electron chi connectivity index (χ0n) is 11.8. The summed E-state index contributed by atoms with van der Waals surface area (Å²) in [5.74, 6) is -1.94. The van der Waals surface area contributed by atoms with Crippen molar-refractivity contribution in [3.8, 4) is 0 Å². The van der Waals surface area contributed by atoms with Gasteiger partial charge in [0.2, 0.25) is 5.91 Å². The highest BCUT2D eigenvalue weighted by atomic mass is 35.5. The number of carbonyl (C=O) groups is 3. The number of carboxylic acid groups (broad SMARTS) is 1. The van der Waals surface area contributed by atoms with Crippen LogP contribution in [0.5, 0.6) is 0 Å². The quantitative estimate of drug-likeness (QED) is 0.745. The highest BCUT2D eigenvalue weighted by Crippen LogP contribution is 2.25. The maximum atomic E-state index is 11.9. The minimum atomic E-state index is -1.15. The van der Waals surface area contributed by atoms with Crippen molar-refractivity contribution in [3.63, 3.8) is 0 Å². The summed E-state index contributed by atoms with van der Waals surface area (Å²) in [6.07, 6.45) is 0. The second-order valence-corrected chi connectivity index (χ2v) is 4.79. The van der Waals surface area contributed by atoms with Gasteiger partial charge in [0.05, 0.1) is 10.7 Å². The molecule has 0 aliphatic heterocycles. The van der Waals surface area contributed by atoms with E-state index in [2.05, 4.69) is 10.6 Å². The summed E-state index contributed by atoms with van der Waals surface area (Å²) in [6, 6.07) is 4.56. The van der Waals surface area contributed by atoms with Gasteiger partial charge in [-0.15, -0.1) is 0 Å². The Morgan fingerprint density at radius 2 is 1.67 bits per heavy atom. The maximum absolute atomic E-state index is 11.9. The van der Waals surface area contributed by atoms with E-state index in [0.29, 0.717) is 11.4 Å². The van der Waals surface area contributed by atoms with Gasteiger partial charge in [-0.1, -0.05) is 11.6 Å². The van der Waals surface area contributed by atoms with E-state index >= 15 is 0 Å². The highest BCUT2D eigenvalue weighted by molar-refractivity contribution is 6.34. The van der Waals surface area contributed by atoms with Gasteiger partial charge < -0.3 is 15.7 Å². The molecule has 112 valence electrons. The fraction of sp³-hybridized carbons (Fsp3) is 0.214. The van der Waals surface area contributed by atoms with Crippen molar-refractivity contribution in [2.75, 3.05) is 10.6 Å². The fourth-order valence-electron chi connectivity index (χ4n) is 1.44. The second-order valence-electron chi connectivity index (χ2n) is 4.39. The minimum absolute atomic E-state index is 0.0338. The molecule has 0 bridgehead atoms. The van der Waals surface area contributed by atoms with Crippen LogP contribution < -0.4 is 10.6 Å². The van der Waals surface area contributed by atoms with Crippen LogP contribution in [0.2, 0.25) is 5.02 Å².